The van der Waals surface area contributed by atoms with E-state index in [4.69, 9.17) is 4.74 Å². The van der Waals surface area contributed by atoms with E-state index in [0.29, 0.717) is 5.95 Å². The number of nitrogens with zero attached hydrogens (tertiary/aromatic N) is 4. The van der Waals surface area contributed by atoms with Gasteiger partial charge in [-0.2, -0.15) is 0 Å². The molecule has 4 rings (SSSR count). The van der Waals surface area contributed by atoms with E-state index in [1.165, 1.54) is 16.3 Å². The number of fused-ring (bicyclic) bond motifs is 1. The van der Waals surface area contributed by atoms with E-state index in [0.717, 1.165) is 44.6 Å². The fourth-order valence-electron chi connectivity index (χ4n) is 3.52. The molecule has 6 heteroatoms. The van der Waals surface area contributed by atoms with Crippen molar-refractivity contribution in [1.29, 1.82) is 0 Å². The van der Waals surface area contributed by atoms with E-state index in [9.17, 15) is 0 Å². The van der Waals surface area contributed by atoms with Crippen LogP contribution in [-0.4, -0.2) is 46.2 Å². The van der Waals surface area contributed by atoms with Crippen LogP contribution in [0.1, 0.15) is 24.0 Å². The molecule has 0 aliphatic carbocycles. The van der Waals surface area contributed by atoms with Gasteiger partial charge in [0, 0.05) is 62.0 Å². The minimum Gasteiger partial charge on any atom is -0.376 e. The first kappa shape index (κ1) is 17.8. The van der Waals surface area contributed by atoms with E-state index in [1.807, 2.05) is 24.8 Å². The predicted octanol–water partition coefficient (Wildman–Crippen LogP) is 3.25. The van der Waals surface area contributed by atoms with Crippen LogP contribution in [0, 0.1) is 0 Å². The van der Waals surface area contributed by atoms with Crippen LogP contribution in [0.4, 0.5) is 5.95 Å². The Kier molecular flexibility index (Phi) is 5.55. The summed E-state index contributed by atoms with van der Waals surface area (Å²) in [7, 11) is 2.11. The van der Waals surface area contributed by atoms with Crippen molar-refractivity contribution in [2.45, 2.75) is 32.0 Å². The molecular weight excluding hydrogens is 338 g/mol. The normalized spacial score (nSPS) is 16.9. The summed E-state index contributed by atoms with van der Waals surface area (Å²) in [5.74, 6) is 0.665. The molecule has 3 aromatic rings. The monoisotopic (exact) mass is 363 g/mol. The summed E-state index contributed by atoms with van der Waals surface area (Å²) in [4.78, 5) is 15.4. The Bertz CT molecular complexity index is 872. The average Bonchev–Trinajstić information content (AvgIpc) is 3.21. The molecule has 0 amide bonds. The summed E-state index contributed by atoms with van der Waals surface area (Å²) in [6.45, 7) is 3.30. The zero-order chi connectivity index (χ0) is 18.5. The molecule has 1 aromatic carbocycles. The van der Waals surface area contributed by atoms with Gasteiger partial charge in [-0.25, -0.2) is 9.97 Å². The van der Waals surface area contributed by atoms with Gasteiger partial charge in [-0.1, -0.05) is 18.2 Å². The highest BCUT2D eigenvalue weighted by Gasteiger charge is 2.15. The molecule has 27 heavy (non-hydrogen) atoms. The third kappa shape index (κ3) is 4.59. The van der Waals surface area contributed by atoms with Crippen LogP contribution >= 0.6 is 0 Å². The van der Waals surface area contributed by atoms with Crippen molar-refractivity contribution >= 4 is 16.7 Å². The number of ether oxygens (including phenoxy) is 1. The Morgan fingerprint density at radius 1 is 1.15 bits per heavy atom. The zero-order valence-electron chi connectivity index (χ0n) is 15.6. The Labute approximate surface area is 159 Å². The minimum atomic E-state index is 0.287. The maximum absolute atomic E-state index is 5.61. The molecule has 1 N–H and O–H groups in total. The summed E-state index contributed by atoms with van der Waals surface area (Å²) in [6, 6.07) is 8.44. The Morgan fingerprint density at radius 3 is 2.85 bits per heavy atom. The van der Waals surface area contributed by atoms with Gasteiger partial charge in [0.15, 0.2) is 0 Å². The van der Waals surface area contributed by atoms with Crippen molar-refractivity contribution in [1.82, 2.24) is 19.9 Å². The number of rotatable bonds is 7. The minimum absolute atomic E-state index is 0.287. The maximum Gasteiger partial charge on any atom is 0.222 e. The Balaban J connectivity index is 1.34. The average molecular weight is 363 g/mol. The molecule has 140 valence electrons. The molecule has 1 aliphatic rings. The number of hydrogen-bond donors (Lipinski definition) is 1. The van der Waals surface area contributed by atoms with Gasteiger partial charge in [-0.05, 0) is 36.9 Å². The molecule has 2 aromatic heterocycles. The van der Waals surface area contributed by atoms with Crippen molar-refractivity contribution in [2.24, 2.45) is 0 Å². The molecule has 1 unspecified atom stereocenters. The lowest BCUT2D eigenvalue weighted by Crippen LogP contribution is -2.20. The van der Waals surface area contributed by atoms with Gasteiger partial charge >= 0.3 is 0 Å². The number of pyridine rings is 1. The topological polar surface area (TPSA) is 63.2 Å². The fourth-order valence-corrected chi connectivity index (χ4v) is 3.52. The molecule has 1 fully saturated rings. The molecule has 3 heterocycles. The van der Waals surface area contributed by atoms with E-state index >= 15 is 0 Å². The van der Waals surface area contributed by atoms with Gasteiger partial charge in [0.2, 0.25) is 5.95 Å². The fraction of sp³-hybridized carbons (Fsp3) is 0.381. The first-order valence-corrected chi connectivity index (χ1v) is 9.44. The molecule has 0 saturated carbocycles. The van der Waals surface area contributed by atoms with Crippen molar-refractivity contribution in [3.05, 3.63) is 60.2 Å². The second-order valence-electron chi connectivity index (χ2n) is 7.12. The van der Waals surface area contributed by atoms with Gasteiger partial charge < -0.3 is 10.1 Å². The number of hydrogen-bond acceptors (Lipinski definition) is 6. The van der Waals surface area contributed by atoms with Crippen LogP contribution in [0.5, 0.6) is 0 Å². The van der Waals surface area contributed by atoms with Gasteiger partial charge in [-0.3, -0.25) is 9.88 Å². The van der Waals surface area contributed by atoms with Gasteiger partial charge in [0.05, 0.1) is 6.10 Å². The molecule has 1 aliphatic heterocycles. The SMILES string of the molecule is CN(Cc1cnc(NCC2CCCO2)nc1)Cc1cccc2cnccc12. The van der Waals surface area contributed by atoms with Crippen molar-refractivity contribution in [3.63, 3.8) is 0 Å². The molecule has 1 saturated heterocycles. The number of anilines is 1. The summed E-state index contributed by atoms with van der Waals surface area (Å²) >= 11 is 0. The lowest BCUT2D eigenvalue weighted by atomic mass is 10.1. The molecule has 0 spiro atoms. The van der Waals surface area contributed by atoms with Crippen LogP contribution in [0.3, 0.4) is 0 Å². The lowest BCUT2D eigenvalue weighted by Gasteiger charge is -2.18. The third-order valence-corrected chi connectivity index (χ3v) is 4.88. The van der Waals surface area contributed by atoms with Crippen LogP contribution in [0.2, 0.25) is 0 Å². The van der Waals surface area contributed by atoms with Crippen molar-refractivity contribution in [2.75, 3.05) is 25.5 Å². The summed E-state index contributed by atoms with van der Waals surface area (Å²) in [5.41, 5.74) is 2.40. The van der Waals surface area contributed by atoms with Crippen LogP contribution in [0.15, 0.2) is 49.1 Å². The second kappa shape index (κ2) is 8.41. The summed E-state index contributed by atoms with van der Waals surface area (Å²) < 4.78 is 5.61. The quantitative estimate of drug-likeness (QED) is 0.695. The van der Waals surface area contributed by atoms with E-state index in [2.05, 4.69) is 56.5 Å². The van der Waals surface area contributed by atoms with Crippen LogP contribution < -0.4 is 5.32 Å². The standard InChI is InChI=1S/C21H25N5O/c1-26(15-18-5-2-4-17-12-22-8-7-20(17)18)14-16-10-23-21(24-11-16)25-13-19-6-3-9-27-19/h2,4-5,7-8,10-12,19H,3,6,9,13-15H2,1H3,(H,23,24,25). The molecule has 0 bridgehead atoms. The smallest absolute Gasteiger partial charge is 0.222 e. The van der Waals surface area contributed by atoms with E-state index in [1.54, 1.807) is 0 Å². The van der Waals surface area contributed by atoms with Gasteiger partial charge in [0.1, 0.15) is 0 Å². The third-order valence-electron chi connectivity index (χ3n) is 4.88. The van der Waals surface area contributed by atoms with Crippen LogP contribution in [0.25, 0.3) is 10.8 Å². The van der Waals surface area contributed by atoms with E-state index in [-0.39, 0.29) is 6.10 Å². The number of benzene rings is 1. The van der Waals surface area contributed by atoms with Crippen molar-refractivity contribution in [3.8, 4) is 0 Å². The summed E-state index contributed by atoms with van der Waals surface area (Å²) in [6.07, 6.45) is 10.1. The first-order valence-electron chi connectivity index (χ1n) is 9.44. The van der Waals surface area contributed by atoms with Crippen LogP contribution in [-0.2, 0) is 17.8 Å². The molecule has 0 radical (unpaired) electrons. The molecular formula is C21H25N5O. The highest BCUT2D eigenvalue weighted by molar-refractivity contribution is 5.84. The van der Waals surface area contributed by atoms with E-state index < -0.39 is 0 Å². The lowest BCUT2D eigenvalue weighted by molar-refractivity contribution is 0.120. The van der Waals surface area contributed by atoms with Crippen molar-refractivity contribution < 1.29 is 4.74 Å². The largest absolute Gasteiger partial charge is 0.376 e. The highest BCUT2D eigenvalue weighted by atomic mass is 16.5. The zero-order valence-corrected chi connectivity index (χ0v) is 15.6. The summed E-state index contributed by atoms with van der Waals surface area (Å²) in [5, 5.41) is 5.69. The Hall–Kier alpha value is -2.57. The number of nitrogens with one attached hydrogen (secondary N) is 1. The van der Waals surface area contributed by atoms with Gasteiger partial charge in [-0.15, -0.1) is 0 Å². The predicted molar refractivity (Wildman–Crippen MR) is 106 cm³/mol. The molecule has 1 atom stereocenters. The first-order chi connectivity index (χ1) is 13.3. The molecule has 6 nitrogen and oxygen atoms in total. The Morgan fingerprint density at radius 2 is 2.04 bits per heavy atom. The van der Waals surface area contributed by atoms with Gasteiger partial charge in [0.25, 0.3) is 0 Å². The number of aromatic nitrogens is 3. The maximum atomic E-state index is 5.61. The second-order valence-corrected chi connectivity index (χ2v) is 7.12. The highest BCUT2D eigenvalue weighted by Crippen LogP contribution is 2.19.